The van der Waals surface area contributed by atoms with E-state index in [4.69, 9.17) is 16.7 Å². The largest absolute Gasteiger partial charge is 0.352 e. The van der Waals surface area contributed by atoms with Crippen LogP contribution < -0.4 is 5.43 Å². The monoisotopic (exact) mass is 396 g/mol. The van der Waals surface area contributed by atoms with Crippen LogP contribution in [0.1, 0.15) is 42.7 Å². The van der Waals surface area contributed by atoms with Crippen molar-refractivity contribution in [1.29, 1.82) is 0 Å². The molecule has 0 bridgehead atoms. The van der Waals surface area contributed by atoms with Gasteiger partial charge in [0.15, 0.2) is 0 Å². The van der Waals surface area contributed by atoms with Crippen molar-refractivity contribution in [1.82, 2.24) is 15.4 Å². The van der Waals surface area contributed by atoms with E-state index in [9.17, 15) is 4.79 Å². The van der Waals surface area contributed by atoms with E-state index in [2.05, 4.69) is 17.6 Å². The number of amides is 2. The summed E-state index contributed by atoms with van der Waals surface area (Å²) in [6, 6.07) is 17.7. The van der Waals surface area contributed by atoms with Crippen LogP contribution >= 0.6 is 11.6 Å². The zero-order valence-corrected chi connectivity index (χ0v) is 16.6. The molecule has 1 saturated heterocycles. The quantitative estimate of drug-likeness (QED) is 0.821. The second-order valence-electron chi connectivity index (χ2n) is 7.36. The number of benzene rings is 2. The van der Waals surface area contributed by atoms with Gasteiger partial charge in [0.2, 0.25) is 0 Å². The lowest BCUT2D eigenvalue weighted by Gasteiger charge is -2.23. The molecular formula is C22H25ClN4O. The zero-order valence-electron chi connectivity index (χ0n) is 15.9. The van der Waals surface area contributed by atoms with Gasteiger partial charge in [-0.3, -0.25) is 5.43 Å². The second kappa shape index (κ2) is 8.76. The fourth-order valence-electron chi connectivity index (χ4n) is 3.83. The van der Waals surface area contributed by atoms with Crippen molar-refractivity contribution in [3.63, 3.8) is 0 Å². The Hall–Kier alpha value is -2.37. The van der Waals surface area contributed by atoms with Crippen LogP contribution in [0.25, 0.3) is 0 Å². The van der Waals surface area contributed by atoms with Crippen molar-refractivity contribution in [2.45, 2.75) is 31.6 Å². The van der Waals surface area contributed by atoms with Crippen molar-refractivity contribution < 1.29 is 4.79 Å². The van der Waals surface area contributed by atoms with E-state index in [0.717, 1.165) is 42.8 Å². The zero-order chi connectivity index (χ0) is 19.3. The van der Waals surface area contributed by atoms with Gasteiger partial charge in [-0.2, -0.15) is 5.10 Å². The molecule has 0 spiro atoms. The molecule has 0 aromatic heterocycles. The Kier molecular flexibility index (Phi) is 5.93. The van der Waals surface area contributed by atoms with Crippen molar-refractivity contribution in [2.24, 2.45) is 5.10 Å². The third kappa shape index (κ3) is 4.37. The van der Waals surface area contributed by atoms with Crippen LogP contribution in [0.5, 0.6) is 0 Å². The van der Waals surface area contributed by atoms with Gasteiger partial charge in [-0.05, 0) is 36.1 Å². The molecule has 1 unspecified atom stereocenters. The van der Waals surface area contributed by atoms with Gasteiger partial charge in [0, 0.05) is 24.0 Å². The fraction of sp³-hybridized carbons (Fsp3) is 0.364. The maximum atomic E-state index is 12.9. The van der Waals surface area contributed by atoms with Crippen molar-refractivity contribution >= 4 is 23.3 Å². The van der Waals surface area contributed by atoms with Gasteiger partial charge < -0.3 is 0 Å². The topological polar surface area (TPSA) is 47.9 Å². The van der Waals surface area contributed by atoms with Crippen LogP contribution in [0.4, 0.5) is 4.79 Å². The highest BCUT2D eigenvalue weighted by atomic mass is 35.5. The Morgan fingerprint density at radius 3 is 2.32 bits per heavy atom. The van der Waals surface area contributed by atoms with E-state index in [-0.39, 0.29) is 11.9 Å². The summed E-state index contributed by atoms with van der Waals surface area (Å²) in [5, 5.41) is 8.98. The van der Waals surface area contributed by atoms with E-state index in [1.165, 1.54) is 12.8 Å². The average molecular weight is 397 g/mol. The molecule has 28 heavy (non-hydrogen) atoms. The van der Waals surface area contributed by atoms with E-state index >= 15 is 0 Å². The van der Waals surface area contributed by atoms with Gasteiger partial charge >= 0.3 is 6.03 Å². The maximum Gasteiger partial charge on any atom is 0.352 e. The third-order valence-electron chi connectivity index (χ3n) is 5.35. The fourth-order valence-corrected chi connectivity index (χ4v) is 3.96. The second-order valence-corrected chi connectivity index (χ2v) is 7.79. The first-order chi connectivity index (χ1) is 13.7. The Balaban J connectivity index is 1.56. The van der Waals surface area contributed by atoms with E-state index in [1.807, 2.05) is 47.5 Å². The Morgan fingerprint density at radius 2 is 1.64 bits per heavy atom. The molecule has 2 aliphatic rings. The predicted octanol–water partition coefficient (Wildman–Crippen LogP) is 4.64. The molecule has 5 nitrogen and oxygen atoms in total. The molecular weight excluding hydrogens is 372 g/mol. The van der Waals surface area contributed by atoms with Gasteiger partial charge in [-0.15, -0.1) is 0 Å². The minimum atomic E-state index is -0.160. The average Bonchev–Trinajstić information content (AvgIpc) is 3.01. The van der Waals surface area contributed by atoms with Gasteiger partial charge in [-0.25, -0.2) is 14.8 Å². The van der Waals surface area contributed by atoms with Crippen molar-refractivity contribution in [2.75, 3.05) is 19.6 Å². The number of carbonyl (C=O) groups excluding carboxylic acids is 1. The number of rotatable bonds is 3. The summed E-state index contributed by atoms with van der Waals surface area (Å²) in [4.78, 5) is 12.9. The van der Waals surface area contributed by atoms with Gasteiger partial charge in [-0.1, -0.05) is 66.9 Å². The SMILES string of the molecule is O=C(NN1CCCCCC1)N1CC(c2ccccc2)C(c2ccc(Cl)cc2)=N1. The molecule has 2 aromatic rings. The summed E-state index contributed by atoms with van der Waals surface area (Å²) in [6.07, 6.45) is 4.69. The van der Waals surface area contributed by atoms with E-state index in [0.29, 0.717) is 11.6 Å². The number of nitrogens with one attached hydrogen (secondary N) is 1. The van der Waals surface area contributed by atoms with Gasteiger partial charge in [0.1, 0.15) is 0 Å². The standard InChI is InChI=1S/C22H25ClN4O/c23-19-12-10-18(11-13-19)21-20(17-8-4-3-5-9-17)16-27(24-21)22(28)25-26-14-6-1-2-7-15-26/h3-5,8-13,20H,1-2,6-7,14-16H2,(H,25,28). The number of halogens is 1. The van der Waals surface area contributed by atoms with Crippen LogP contribution in [0.3, 0.4) is 0 Å². The molecule has 0 aliphatic carbocycles. The number of carbonyl (C=O) groups is 1. The van der Waals surface area contributed by atoms with Crippen molar-refractivity contribution in [3.05, 3.63) is 70.7 Å². The highest BCUT2D eigenvalue weighted by molar-refractivity contribution is 6.30. The smallest absolute Gasteiger partial charge is 0.269 e. The van der Waals surface area contributed by atoms with E-state index < -0.39 is 0 Å². The van der Waals surface area contributed by atoms with Gasteiger partial charge in [0.05, 0.1) is 12.3 Å². The highest BCUT2D eigenvalue weighted by Gasteiger charge is 2.32. The molecule has 146 valence electrons. The Bertz CT molecular complexity index is 829. The molecule has 6 heteroatoms. The summed E-state index contributed by atoms with van der Waals surface area (Å²) in [6.45, 7) is 2.33. The molecule has 1 N–H and O–H groups in total. The number of hydrazone groups is 1. The van der Waals surface area contributed by atoms with Crippen LogP contribution in [-0.2, 0) is 0 Å². The number of nitrogens with zero attached hydrogens (tertiary/aromatic N) is 3. The molecule has 2 heterocycles. The van der Waals surface area contributed by atoms with Crippen LogP contribution in [0.2, 0.25) is 5.02 Å². The maximum absolute atomic E-state index is 12.9. The number of hydrazine groups is 1. The highest BCUT2D eigenvalue weighted by Crippen LogP contribution is 2.29. The first kappa shape index (κ1) is 19.0. The molecule has 4 rings (SSSR count). The summed E-state index contributed by atoms with van der Waals surface area (Å²) in [5.74, 6) is 0.0391. The summed E-state index contributed by atoms with van der Waals surface area (Å²) in [7, 11) is 0. The van der Waals surface area contributed by atoms with Crippen LogP contribution in [-0.4, -0.2) is 41.4 Å². The molecule has 1 fully saturated rings. The molecule has 0 radical (unpaired) electrons. The summed E-state index contributed by atoms with van der Waals surface area (Å²) >= 11 is 6.05. The van der Waals surface area contributed by atoms with Gasteiger partial charge in [0.25, 0.3) is 0 Å². The molecule has 2 aromatic carbocycles. The summed E-state index contributed by atoms with van der Waals surface area (Å²) < 4.78 is 0. The number of urea groups is 1. The molecule has 1 atom stereocenters. The Morgan fingerprint density at radius 1 is 0.964 bits per heavy atom. The lowest BCUT2D eigenvalue weighted by molar-refractivity contribution is 0.151. The predicted molar refractivity (Wildman–Crippen MR) is 112 cm³/mol. The molecule has 2 amide bonds. The van der Waals surface area contributed by atoms with Crippen LogP contribution in [0, 0.1) is 0 Å². The summed E-state index contributed by atoms with van der Waals surface area (Å²) in [5.41, 5.74) is 6.09. The minimum absolute atomic E-state index is 0.0391. The first-order valence-corrected chi connectivity index (χ1v) is 10.3. The first-order valence-electron chi connectivity index (χ1n) is 9.93. The van der Waals surface area contributed by atoms with Crippen LogP contribution in [0.15, 0.2) is 59.7 Å². The lowest BCUT2D eigenvalue weighted by atomic mass is 9.91. The molecule has 2 aliphatic heterocycles. The normalized spacial score (nSPS) is 20.5. The molecule has 0 saturated carbocycles. The third-order valence-corrected chi connectivity index (χ3v) is 5.60. The lowest BCUT2D eigenvalue weighted by Crippen LogP contribution is -2.47. The van der Waals surface area contributed by atoms with E-state index in [1.54, 1.807) is 5.01 Å². The number of hydrogen-bond acceptors (Lipinski definition) is 3. The Labute approximate surface area is 170 Å². The van der Waals surface area contributed by atoms with Crippen molar-refractivity contribution in [3.8, 4) is 0 Å². The minimum Gasteiger partial charge on any atom is -0.269 e. The number of hydrogen-bond donors (Lipinski definition) is 1.